The third-order valence-corrected chi connectivity index (χ3v) is 4.73. The summed E-state index contributed by atoms with van der Waals surface area (Å²) in [6, 6.07) is 2.15. The van der Waals surface area contributed by atoms with Crippen molar-refractivity contribution >= 4 is 45.1 Å². The number of aryl methyl sites for hydroxylation is 1. The molecule has 6 heteroatoms. The average molecular weight is 296 g/mol. The molecule has 0 fully saturated rings. The lowest BCUT2D eigenvalue weighted by Crippen LogP contribution is -2.14. The number of fused-ring (bicyclic) bond motifs is 1. The molecule has 1 unspecified atom stereocenters. The van der Waals surface area contributed by atoms with E-state index in [0.717, 1.165) is 29.1 Å². The zero-order chi connectivity index (χ0) is 13.8. The standard InChI is InChI=1S/C13H20N4S2/c1-5-14-13-16-11(15-7-9(3)18-4)10-6-8(2)19-12(10)17-13/h6,9H,5,7H2,1-4H3,(H2,14,15,16,17). The summed E-state index contributed by atoms with van der Waals surface area (Å²) in [4.78, 5) is 11.4. The van der Waals surface area contributed by atoms with E-state index in [1.54, 1.807) is 11.3 Å². The van der Waals surface area contributed by atoms with Crippen molar-refractivity contribution < 1.29 is 0 Å². The molecule has 4 nitrogen and oxygen atoms in total. The van der Waals surface area contributed by atoms with Crippen molar-refractivity contribution in [3.63, 3.8) is 0 Å². The molecule has 0 saturated carbocycles. The molecule has 0 radical (unpaired) electrons. The summed E-state index contributed by atoms with van der Waals surface area (Å²) in [6.45, 7) is 8.11. The molecule has 19 heavy (non-hydrogen) atoms. The zero-order valence-corrected chi connectivity index (χ0v) is 13.4. The molecule has 2 aromatic rings. The van der Waals surface area contributed by atoms with Crippen molar-refractivity contribution in [3.8, 4) is 0 Å². The Morgan fingerprint density at radius 2 is 2.16 bits per heavy atom. The Morgan fingerprint density at radius 1 is 1.37 bits per heavy atom. The maximum absolute atomic E-state index is 4.57. The second kappa shape index (κ2) is 6.43. The quantitative estimate of drug-likeness (QED) is 0.853. The summed E-state index contributed by atoms with van der Waals surface area (Å²) in [7, 11) is 0. The van der Waals surface area contributed by atoms with Gasteiger partial charge in [-0.15, -0.1) is 11.3 Å². The van der Waals surface area contributed by atoms with Gasteiger partial charge in [0.2, 0.25) is 5.95 Å². The van der Waals surface area contributed by atoms with Gasteiger partial charge in [-0.05, 0) is 26.2 Å². The zero-order valence-electron chi connectivity index (χ0n) is 11.8. The van der Waals surface area contributed by atoms with E-state index in [4.69, 9.17) is 0 Å². The Kier molecular flexibility index (Phi) is 4.87. The highest BCUT2D eigenvalue weighted by molar-refractivity contribution is 7.99. The molecule has 2 aromatic heterocycles. The first kappa shape index (κ1) is 14.4. The Bertz CT molecular complexity index is 553. The number of hydrogen-bond donors (Lipinski definition) is 2. The van der Waals surface area contributed by atoms with Crippen LogP contribution in [-0.2, 0) is 0 Å². The fraction of sp³-hybridized carbons (Fsp3) is 0.538. The van der Waals surface area contributed by atoms with Gasteiger partial charge in [-0.25, -0.2) is 4.98 Å². The van der Waals surface area contributed by atoms with Crippen LogP contribution in [0.25, 0.3) is 10.2 Å². The lowest BCUT2D eigenvalue weighted by Gasteiger charge is -2.12. The maximum Gasteiger partial charge on any atom is 0.226 e. The largest absolute Gasteiger partial charge is 0.368 e. The molecule has 2 N–H and O–H groups in total. The first-order chi connectivity index (χ1) is 9.13. The van der Waals surface area contributed by atoms with Crippen molar-refractivity contribution in [1.82, 2.24) is 9.97 Å². The predicted octanol–water partition coefficient (Wildman–Crippen LogP) is 3.59. The summed E-state index contributed by atoms with van der Waals surface area (Å²) in [5.74, 6) is 1.64. The topological polar surface area (TPSA) is 49.8 Å². The minimum absolute atomic E-state index is 0.562. The SMILES string of the molecule is CCNc1nc(NCC(C)SC)c2cc(C)sc2n1. The van der Waals surface area contributed by atoms with Crippen LogP contribution < -0.4 is 10.6 Å². The second-order valence-electron chi connectivity index (χ2n) is 4.43. The summed E-state index contributed by atoms with van der Waals surface area (Å²) >= 11 is 3.56. The number of nitrogens with zero attached hydrogens (tertiary/aromatic N) is 2. The van der Waals surface area contributed by atoms with Crippen LogP contribution in [0.1, 0.15) is 18.7 Å². The normalized spacial score (nSPS) is 12.6. The molecule has 0 aliphatic carbocycles. The van der Waals surface area contributed by atoms with Crippen molar-refractivity contribution in [2.75, 3.05) is 30.0 Å². The molecular weight excluding hydrogens is 276 g/mol. The molecule has 2 heterocycles. The van der Waals surface area contributed by atoms with Gasteiger partial charge in [0.05, 0.1) is 5.39 Å². The van der Waals surface area contributed by atoms with E-state index in [2.05, 4.69) is 53.7 Å². The van der Waals surface area contributed by atoms with E-state index >= 15 is 0 Å². The number of anilines is 2. The first-order valence-electron chi connectivity index (χ1n) is 6.42. The molecule has 0 saturated heterocycles. The Balaban J connectivity index is 2.32. The Labute approximate surface area is 122 Å². The van der Waals surface area contributed by atoms with E-state index in [9.17, 15) is 0 Å². The van der Waals surface area contributed by atoms with Crippen LogP contribution in [0.5, 0.6) is 0 Å². The predicted molar refractivity (Wildman–Crippen MR) is 87.8 cm³/mol. The first-order valence-corrected chi connectivity index (χ1v) is 8.53. The third kappa shape index (κ3) is 3.51. The molecule has 0 amide bonds. The van der Waals surface area contributed by atoms with E-state index < -0.39 is 0 Å². The minimum Gasteiger partial charge on any atom is -0.368 e. The smallest absolute Gasteiger partial charge is 0.226 e. The fourth-order valence-electron chi connectivity index (χ4n) is 1.74. The number of thioether (sulfide) groups is 1. The number of hydrogen-bond acceptors (Lipinski definition) is 6. The molecule has 1 atom stereocenters. The molecule has 0 aliphatic heterocycles. The molecule has 0 aromatic carbocycles. The van der Waals surface area contributed by atoms with E-state index in [1.807, 2.05) is 11.8 Å². The lowest BCUT2D eigenvalue weighted by atomic mass is 10.3. The Morgan fingerprint density at radius 3 is 2.84 bits per heavy atom. The van der Waals surface area contributed by atoms with Crippen LogP contribution in [0.4, 0.5) is 11.8 Å². The molecule has 0 bridgehead atoms. The van der Waals surface area contributed by atoms with Crippen LogP contribution >= 0.6 is 23.1 Å². The van der Waals surface area contributed by atoms with Crippen LogP contribution in [0.2, 0.25) is 0 Å². The van der Waals surface area contributed by atoms with Gasteiger partial charge in [-0.1, -0.05) is 6.92 Å². The van der Waals surface area contributed by atoms with Gasteiger partial charge in [-0.3, -0.25) is 0 Å². The van der Waals surface area contributed by atoms with Crippen molar-refractivity contribution in [2.45, 2.75) is 26.0 Å². The van der Waals surface area contributed by atoms with Gasteiger partial charge in [0, 0.05) is 23.2 Å². The van der Waals surface area contributed by atoms with Crippen molar-refractivity contribution in [3.05, 3.63) is 10.9 Å². The summed E-state index contributed by atoms with van der Waals surface area (Å²) < 4.78 is 0. The van der Waals surface area contributed by atoms with Crippen LogP contribution in [-0.4, -0.2) is 34.6 Å². The molecule has 104 valence electrons. The second-order valence-corrected chi connectivity index (χ2v) is 6.94. The van der Waals surface area contributed by atoms with Gasteiger partial charge in [0.1, 0.15) is 10.6 Å². The third-order valence-electron chi connectivity index (χ3n) is 2.81. The van der Waals surface area contributed by atoms with Crippen molar-refractivity contribution in [1.29, 1.82) is 0 Å². The number of thiophene rings is 1. The Hall–Kier alpha value is -1.01. The summed E-state index contributed by atoms with van der Waals surface area (Å²) in [5.41, 5.74) is 0. The van der Waals surface area contributed by atoms with Gasteiger partial charge in [0.25, 0.3) is 0 Å². The number of aromatic nitrogens is 2. The van der Waals surface area contributed by atoms with Crippen LogP contribution in [0.15, 0.2) is 6.07 Å². The van der Waals surface area contributed by atoms with Crippen molar-refractivity contribution in [2.24, 2.45) is 0 Å². The van der Waals surface area contributed by atoms with E-state index in [1.165, 1.54) is 4.88 Å². The highest BCUT2D eigenvalue weighted by Crippen LogP contribution is 2.29. The molecule has 2 rings (SSSR count). The molecule has 0 aliphatic rings. The highest BCUT2D eigenvalue weighted by atomic mass is 32.2. The van der Waals surface area contributed by atoms with Gasteiger partial charge in [0.15, 0.2) is 0 Å². The number of rotatable bonds is 6. The number of nitrogens with one attached hydrogen (secondary N) is 2. The van der Waals surface area contributed by atoms with Crippen LogP contribution in [0.3, 0.4) is 0 Å². The van der Waals surface area contributed by atoms with Gasteiger partial charge < -0.3 is 10.6 Å². The van der Waals surface area contributed by atoms with Crippen LogP contribution in [0, 0.1) is 6.92 Å². The maximum atomic E-state index is 4.57. The highest BCUT2D eigenvalue weighted by Gasteiger charge is 2.11. The fourth-order valence-corrected chi connectivity index (χ4v) is 2.87. The van der Waals surface area contributed by atoms with E-state index in [0.29, 0.717) is 11.2 Å². The monoisotopic (exact) mass is 296 g/mol. The molecule has 0 spiro atoms. The summed E-state index contributed by atoms with van der Waals surface area (Å²) in [6.07, 6.45) is 2.13. The lowest BCUT2D eigenvalue weighted by molar-refractivity contribution is 0.990. The minimum atomic E-state index is 0.562. The summed E-state index contributed by atoms with van der Waals surface area (Å²) in [5, 5.41) is 8.32. The van der Waals surface area contributed by atoms with Gasteiger partial charge in [-0.2, -0.15) is 16.7 Å². The molecular formula is C13H20N4S2. The van der Waals surface area contributed by atoms with Gasteiger partial charge >= 0.3 is 0 Å². The average Bonchev–Trinajstić information content (AvgIpc) is 2.76. The van der Waals surface area contributed by atoms with E-state index in [-0.39, 0.29) is 0 Å².